The quantitative estimate of drug-likeness (QED) is 0.891. The summed E-state index contributed by atoms with van der Waals surface area (Å²) >= 11 is 0. The number of benzene rings is 1. The van der Waals surface area contributed by atoms with Crippen molar-refractivity contribution < 1.29 is 28.2 Å². The van der Waals surface area contributed by atoms with Crippen LogP contribution in [0.2, 0.25) is 0 Å². The summed E-state index contributed by atoms with van der Waals surface area (Å²) in [6.45, 7) is -0.0166. The number of nitrogens with one attached hydrogen (secondary N) is 1. The van der Waals surface area contributed by atoms with E-state index in [0.29, 0.717) is 12.8 Å². The molecule has 1 aliphatic carbocycles. The number of ether oxygens (including phenoxy) is 1. The number of rotatable bonds is 4. The van der Waals surface area contributed by atoms with Crippen LogP contribution >= 0.6 is 0 Å². The first-order valence-electron chi connectivity index (χ1n) is 7.02. The van der Waals surface area contributed by atoms with Crippen molar-refractivity contribution in [2.75, 3.05) is 13.2 Å². The molecule has 0 aromatic heterocycles. The topological polar surface area (TPSA) is 75.6 Å². The zero-order chi connectivity index (χ0) is 16.0. The summed E-state index contributed by atoms with van der Waals surface area (Å²) in [5.74, 6) is -5.51. The Kier molecular flexibility index (Phi) is 3.40. The van der Waals surface area contributed by atoms with Crippen LogP contribution in [0.15, 0.2) is 24.3 Å². The number of carbonyl (C=O) groups excluding carboxylic acids is 1. The van der Waals surface area contributed by atoms with Gasteiger partial charge in [0.25, 0.3) is 11.8 Å². The average molecular weight is 311 g/mol. The molecule has 2 atom stereocenters. The van der Waals surface area contributed by atoms with Crippen molar-refractivity contribution in [3.63, 3.8) is 0 Å². The molecule has 7 heteroatoms. The molecule has 3 rings (SSSR count). The van der Waals surface area contributed by atoms with Gasteiger partial charge in [0, 0.05) is 12.2 Å². The van der Waals surface area contributed by atoms with Crippen molar-refractivity contribution in [3.05, 3.63) is 35.4 Å². The number of fused-ring (bicyclic) bond motifs is 1. The maximum absolute atomic E-state index is 13.8. The summed E-state index contributed by atoms with van der Waals surface area (Å²) in [6, 6.07) is 5.43. The van der Waals surface area contributed by atoms with Crippen LogP contribution in [0.25, 0.3) is 0 Å². The third kappa shape index (κ3) is 2.16. The van der Waals surface area contributed by atoms with Gasteiger partial charge in [0.1, 0.15) is 0 Å². The third-order valence-corrected chi connectivity index (χ3v) is 4.36. The second-order valence-electron chi connectivity index (χ2n) is 5.62. The highest BCUT2D eigenvalue weighted by Crippen LogP contribution is 2.64. The fourth-order valence-corrected chi connectivity index (χ4v) is 3.06. The van der Waals surface area contributed by atoms with Crippen LogP contribution in [-0.4, -0.2) is 41.7 Å². The lowest BCUT2D eigenvalue weighted by atomic mass is 10.1. The van der Waals surface area contributed by atoms with Crippen molar-refractivity contribution in [2.45, 2.75) is 24.4 Å². The number of carbonyl (C=O) groups is 2. The predicted molar refractivity (Wildman–Crippen MR) is 72.1 cm³/mol. The maximum Gasteiger partial charge on any atom is 0.335 e. The Morgan fingerprint density at radius 2 is 2.09 bits per heavy atom. The molecule has 1 saturated heterocycles. The molecular weight excluding hydrogens is 296 g/mol. The zero-order valence-electron chi connectivity index (χ0n) is 11.6. The molecule has 0 spiro atoms. The largest absolute Gasteiger partial charge is 0.478 e. The minimum Gasteiger partial charge on any atom is -0.478 e. The molecule has 1 amide bonds. The fourth-order valence-electron chi connectivity index (χ4n) is 3.06. The molecule has 22 heavy (non-hydrogen) atoms. The average Bonchev–Trinajstić information content (AvgIpc) is 3.02. The van der Waals surface area contributed by atoms with Crippen LogP contribution in [0, 0.1) is 5.92 Å². The molecule has 0 radical (unpaired) electrons. The van der Waals surface area contributed by atoms with Crippen LogP contribution in [0.5, 0.6) is 0 Å². The number of hydrogen-bond acceptors (Lipinski definition) is 3. The molecule has 0 unspecified atom stereocenters. The molecule has 2 fully saturated rings. The van der Waals surface area contributed by atoms with Crippen molar-refractivity contribution in [2.24, 2.45) is 5.92 Å². The number of carboxylic acid groups (broad SMARTS) is 1. The Balaban J connectivity index is 1.68. The number of carboxylic acids is 1. The van der Waals surface area contributed by atoms with Gasteiger partial charge in [-0.3, -0.25) is 4.79 Å². The van der Waals surface area contributed by atoms with Gasteiger partial charge >= 0.3 is 5.97 Å². The maximum atomic E-state index is 13.8. The minimum absolute atomic E-state index is 0.0330. The second-order valence-corrected chi connectivity index (χ2v) is 5.62. The van der Waals surface area contributed by atoms with Gasteiger partial charge in [-0.2, -0.15) is 0 Å². The Bertz CT molecular complexity index is 634. The molecule has 118 valence electrons. The van der Waals surface area contributed by atoms with E-state index in [4.69, 9.17) is 9.84 Å². The summed E-state index contributed by atoms with van der Waals surface area (Å²) in [7, 11) is 0. The lowest BCUT2D eigenvalue weighted by molar-refractivity contribution is -0.0576. The van der Waals surface area contributed by atoms with Gasteiger partial charge in [-0.15, -0.1) is 0 Å². The van der Waals surface area contributed by atoms with E-state index in [1.807, 2.05) is 0 Å². The van der Waals surface area contributed by atoms with Crippen LogP contribution < -0.4 is 5.32 Å². The van der Waals surface area contributed by atoms with Crippen molar-refractivity contribution in [3.8, 4) is 0 Å². The van der Waals surface area contributed by atoms with E-state index < -0.39 is 29.3 Å². The SMILES string of the molecule is O=C(O)c1cccc(C(=O)NC[C@]23OCCC[C@H]2C3(F)F)c1. The van der Waals surface area contributed by atoms with E-state index in [2.05, 4.69) is 5.32 Å². The Hall–Kier alpha value is -2.02. The second kappa shape index (κ2) is 5.01. The first-order chi connectivity index (χ1) is 10.4. The molecule has 2 N–H and O–H groups in total. The molecular formula is C15H15F2NO4. The molecule has 1 aliphatic heterocycles. The van der Waals surface area contributed by atoms with Gasteiger partial charge in [0.2, 0.25) is 0 Å². The van der Waals surface area contributed by atoms with Gasteiger partial charge in [-0.25, -0.2) is 13.6 Å². The highest BCUT2D eigenvalue weighted by molar-refractivity contribution is 5.97. The van der Waals surface area contributed by atoms with E-state index in [1.54, 1.807) is 0 Å². The smallest absolute Gasteiger partial charge is 0.335 e. The molecule has 5 nitrogen and oxygen atoms in total. The lowest BCUT2D eigenvalue weighted by Crippen LogP contribution is -2.40. The number of aromatic carboxylic acids is 1. The summed E-state index contributed by atoms with van der Waals surface area (Å²) in [6.07, 6.45) is 0.980. The summed E-state index contributed by atoms with van der Waals surface area (Å²) in [5, 5.41) is 11.3. The lowest BCUT2D eigenvalue weighted by Gasteiger charge is -2.21. The molecule has 1 aromatic rings. The number of hydrogen-bond donors (Lipinski definition) is 2. The first-order valence-corrected chi connectivity index (χ1v) is 7.02. The monoisotopic (exact) mass is 311 g/mol. The van der Waals surface area contributed by atoms with Crippen LogP contribution in [0.1, 0.15) is 33.6 Å². The van der Waals surface area contributed by atoms with Gasteiger partial charge in [-0.05, 0) is 31.0 Å². The van der Waals surface area contributed by atoms with Crippen LogP contribution in [0.3, 0.4) is 0 Å². The first kappa shape index (κ1) is 14.9. The minimum atomic E-state index is -2.92. The summed E-state index contributed by atoms with van der Waals surface area (Å²) in [5.41, 5.74) is -1.51. The van der Waals surface area contributed by atoms with E-state index in [-0.39, 0.29) is 24.3 Å². The third-order valence-electron chi connectivity index (χ3n) is 4.36. The highest BCUT2D eigenvalue weighted by Gasteiger charge is 2.82. The Morgan fingerprint density at radius 3 is 2.77 bits per heavy atom. The molecule has 1 heterocycles. The van der Waals surface area contributed by atoms with Gasteiger partial charge in [0.15, 0.2) is 5.60 Å². The van der Waals surface area contributed by atoms with Gasteiger partial charge < -0.3 is 15.2 Å². The van der Waals surface area contributed by atoms with Crippen molar-refractivity contribution in [1.29, 1.82) is 0 Å². The Morgan fingerprint density at radius 1 is 1.36 bits per heavy atom. The number of amides is 1. The van der Waals surface area contributed by atoms with Crippen molar-refractivity contribution in [1.82, 2.24) is 5.32 Å². The summed E-state index contributed by atoms with van der Waals surface area (Å²) < 4.78 is 32.9. The Labute approximate surface area is 125 Å². The molecule has 2 aliphatic rings. The van der Waals surface area contributed by atoms with E-state index >= 15 is 0 Å². The van der Waals surface area contributed by atoms with E-state index in [1.165, 1.54) is 24.3 Å². The molecule has 1 saturated carbocycles. The normalized spacial score (nSPS) is 28.5. The van der Waals surface area contributed by atoms with E-state index in [0.717, 1.165) is 0 Å². The number of halogens is 2. The predicted octanol–water partition coefficient (Wildman–Crippen LogP) is 1.93. The fraction of sp³-hybridized carbons (Fsp3) is 0.467. The zero-order valence-corrected chi connectivity index (χ0v) is 11.6. The van der Waals surface area contributed by atoms with Gasteiger partial charge in [-0.1, -0.05) is 6.07 Å². The van der Waals surface area contributed by atoms with Crippen LogP contribution in [-0.2, 0) is 4.74 Å². The number of alkyl halides is 2. The molecule has 1 aromatic carbocycles. The van der Waals surface area contributed by atoms with Crippen molar-refractivity contribution >= 4 is 11.9 Å². The summed E-state index contributed by atoms with van der Waals surface area (Å²) in [4.78, 5) is 22.9. The van der Waals surface area contributed by atoms with E-state index in [9.17, 15) is 18.4 Å². The van der Waals surface area contributed by atoms with Crippen LogP contribution in [0.4, 0.5) is 8.78 Å². The standard InChI is InChI=1S/C15H15F2NO4/c16-15(17)11-5-2-6-22-14(11,15)8-18-12(19)9-3-1-4-10(7-9)13(20)21/h1,3-4,7,11H,2,5-6,8H2,(H,18,19)(H,20,21)/t11-,14+/m1/s1. The molecule has 0 bridgehead atoms. The van der Waals surface area contributed by atoms with Gasteiger partial charge in [0.05, 0.1) is 18.0 Å². The highest BCUT2D eigenvalue weighted by atomic mass is 19.3.